The van der Waals surface area contributed by atoms with Crippen LogP contribution in [0.5, 0.6) is 0 Å². The van der Waals surface area contributed by atoms with Gasteiger partial charge in [-0.25, -0.2) is 15.0 Å². The van der Waals surface area contributed by atoms with Crippen molar-refractivity contribution in [3.8, 4) is 11.3 Å². The van der Waals surface area contributed by atoms with Gasteiger partial charge in [0.05, 0.1) is 5.69 Å². The zero-order valence-corrected chi connectivity index (χ0v) is 13.6. The van der Waals surface area contributed by atoms with Crippen molar-refractivity contribution in [1.29, 1.82) is 0 Å². The van der Waals surface area contributed by atoms with E-state index in [0.29, 0.717) is 5.95 Å². The van der Waals surface area contributed by atoms with Gasteiger partial charge in [0.1, 0.15) is 5.65 Å². The standard InChI is InChI=1S/C17H12BrN5/c18-11-2-1-3-12(10-11)22-17-21-9-6-15(23-17)13-4-7-19-16-14(13)5-8-20-16/h1-10H,(H,19,20)(H,21,22,23). The number of fused-ring (bicyclic) bond motifs is 1. The summed E-state index contributed by atoms with van der Waals surface area (Å²) in [6, 6.07) is 13.7. The first-order valence-electron chi connectivity index (χ1n) is 7.08. The van der Waals surface area contributed by atoms with Crippen LogP contribution >= 0.6 is 15.9 Å². The molecule has 0 atom stereocenters. The SMILES string of the molecule is Brc1cccc(Nc2nccc(-c3ccnc4[nH]ccc34)n2)c1. The van der Waals surface area contributed by atoms with E-state index in [9.17, 15) is 0 Å². The number of H-pyrrole nitrogens is 1. The van der Waals surface area contributed by atoms with Crippen molar-refractivity contribution in [2.45, 2.75) is 0 Å². The minimum absolute atomic E-state index is 0.557. The van der Waals surface area contributed by atoms with Crippen LogP contribution in [0.1, 0.15) is 0 Å². The molecule has 0 saturated heterocycles. The third kappa shape index (κ3) is 2.80. The minimum Gasteiger partial charge on any atom is -0.346 e. The number of anilines is 2. The van der Waals surface area contributed by atoms with Crippen LogP contribution in [0, 0.1) is 0 Å². The maximum atomic E-state index is 4.62. The first-order valence-corrected chi connectivity index (χ1v) is 7.87. The van der Waals surface area contributed by atoms with Gasteiger partial charge in [0.15, 0.2) is 0 Å². The van der Waals surface area contributed by atoms with Crippen LogP contribution in [0.25, 0.3) is 22.3 Å². The first-order chi connectivity index (χ1) is 11.3. The van der Waals surface area contributed by atoms with Gasteiger partial charge in [-0.05, 0) is 36.4 Å². The summed E-state index contributed by atoms with van der Waals surface area (Å²) in [7, 11) is 0. The molecule has 0 spiro atoms. The molecule has 5 nitrogen and oxygen atoms in total. The van der Waals surface area contributed by atoms with Gasteiger partial charge in [0.25, 0.3) is 0 Å². The zero-order chi connectivity index (χ0) is 15.6. The predicted molar refractivity (Wildman–Crippen MR) is 94.5 cm³/mol. The van der Waals surface area contributed by atoms with E-state index in [1.165, 1.54) is 0 Å². The summed E-state index contributed by atoms with van der Waals surface area (Å²) < 4.78 is 1.00. The van der Waals surface area contributed by atoms with Crippen LogP contribution < -0.4 is 5.32 Å². The second kappa shape index (κ2) is 5.81. The summed E-state index contributed by atoms with van der Waals surface area (Å²) in [4.78, 5) is 16.3. The van der Waals surface area contributed by atoms with Crippen LogP contribution in [0.4, 0.5) is 11.6 Å². The number of hydrogen-bond acceptors (Lipinski definition) is 4. The number of aromatic amines is 1. The molecule has 0 bridgehead atoms. The van der Waals surface area contributed by atoms with Crippen LogP contribution in [-0.2, 0) is 0 Å². The van der Waals surface area contributed by atoms with Gasteiger partial charge in [0.2, 0.25) is 5.95 Å². The van der Waals surface area contributed by atoms with E-state index in [2.05, 4.69) is 41.2 Å². The van der Waals surface area contributed by atoms with E-state index in [4.69, 9.17) is 0 Å². The van der Waals surface area contributed by atoms with Gasteiger partial charge in [-0.1, -0.05) is 22.0 Å². The molecule has 0 aliphatic heterocycles. The third-order valence-electron chi connectivity index (χ3n) is 3.47. The Morgan fingerprint density at radius 1 is 1.00 bits per heavy atom. The van der Waals surface area contributed by atoms with E-state index >= 15 is 0 Å². The molecule has 0 radical (unpaired) electrons. The second-order valence-corrected chi connectivity index (χ2v) is 5.91. The van der Waals surface area contributed by atoms with Crippen LogP contribution in [0.2, 0.25) is 0 Å². The number of rotatable bonds is 3. The van der Waals surface area contributed by atoms with E-state index in [0.717, 1.165) is 32.5 Å². The second-order valence-electron chi connectivity index (χ2n) is 5.00. The highest BCUT2D eigenvalue weighted by atomic mass is 79.9. The average molecular weight is 366 g/mol. The molecule has 0 saturated carbocycles. The van der Waals surface area contributed by atoms with Crippen LogP contribution in [0.3, 0.4) is 0 Å². The van der Waals surface area contributed by atoms with Crippen LogP contribution in [-0.4, -0.2) is 19.9 Å². The normalized spacial score (nSPS) is 10.8. The van der Waals surface area contributed by atoms with E-state index in [1.807, 2.05) is 48.7 Å². The van der Waals surface area contributed by atoms with Gasteiger partial charge in [-0.3, -0.25) is 0 Å². The van der Waals surface area contributed by atoms with Gasteiger partial charge in [-0.2, -0.15) is 0 Å². The van der Waals surface area contributed by atoms with Gasteiger partial charge >= 0.3 is 0 Å². The fraction of sp³-hybridized carbons (Fsp3) is 0. The Labute approximate surface area is 141 Å². The lowest BCUT2D eigenvalue weighted by molar-refractivity contribution is 1.17. The molecule has 3 aromatic heterocycles. The average Bonchev–Trinajstić information content (AvgIpc) is 3.03. The molecular formula is C17H12BrN5. The van der Waals surface area contributed by atoms with Crippen molar-refractivity contribution in [2.75, 3.05) is 5.32 Å². The molecule has 4 aromatic rings. The largest absolute Gasteiger partial charge is 0.346 e. The van der Waals surface area contributed by atoms with Crippen molar-refractivity contribution in [3.63, 3.8) is 0 Å². The third-order valence-corrected chi connectivity index (χ3v) is 3.97. The van der Waals surface area contributed by atoms with Crippen molar-refractivity contribution in [1.82, 2.24) is 19.9 Å². The fourth-order valence-electron chi connectivity index (χ4n) is 2.45. The highest BCUT2D eigenvalue weighted by Gasteiger charge is 2.08. The Bertz CT molecular complexity index is 979. The summed E-state index contributed by atoms with van der Waals surface area (Å²) in [6.45, 7) is 0. The molecule has 6 heteroatoms. The fourth-order valence-corrected chi connectivity index (χ4v) is 2.85. The Balaban J connectivity index is 1.73. The summed E-state index contributed by atoms with van der Waals surface area (Å²) in [5, 5.41) is 4.26. The molecule has 2 N–H and O–H groups in total. The predicted octanol–water partition coefficient (Wildman–Crippen LogP) is 4.53. The highest BCUT2D eigenvalue weighted by molar-refractivity contribution is 9.10. The molecule has 0 aliphatic rings. The van der Waals surface area contributed by atoms with Crippen molar-refractivity contribution >= 4 is 38.6 Å². The molecule has 0 aliphatic carbocycles. The Morgan fingerprint density at radius 2 is 1.91 bits per heavy atom. The minimum atomic E-state index is 0.557. The maximum Gasteiger partial charge on any atom is 0.227 e. The van der Waals surface area contributed by atoms with Crippen molar-refractivity contribution in [2.24, 2.45) is 0 Å². The molecule has 0 amide bonds. The molecule has 0 fully saturated rings. The number of nitrogens with zero attached hydrogens (tertiary/aromatic N) is 3. The number of hydrogen-bond donors (Lipinski definition) is 2. The summed E-state index contributed by atoms with van der Waals surface area (Å²) in [5.41, 5.74) is 3.65. The molecule has 1 aromatic carbocycles. The number of benzene rings is 1. The lowest BCUT2D eigenvalue weighted by Gasteiger charge is -2.07. The smallest absolute Gasteiger partial charge is 0.227 e. The Morgan fingerprint density at radius 3 is 2.83 bits per heavy atom. The monoisotopic (exact) mass is 365 g/mol. The highest BCUT2D eigenvalue weighted by Crippen LogP contribution is 2.26. The topological polar surface area (TPSA) is 66.5 Å². The lowest BCUT2D eigenvalue weighted by atomic mass is 10.1. The summed E-state index contributed by atoms with van der Waals surface area (Å²) in [5.74, 6) is 0.557. The molecule has 0 unspecified atom stereocenters. The number of aromatic nitrogens is 4. The molecule has 23 heavy (non-hydrogen) atoms. The maximum absolute atomic E-state index is 4.62. The van der Waals surface area contributed by atoms with Crippen LogP contribution in [0.15, 0.2) is 65.5 Å². The van der Waals surface area contributed by atoms with Crippen molar-refractivity contribution in [3.05, 3.63) is 65.5 Å². The van der Waals surface area contributed by atoms with E-state index in [1.54, 1.807) is 12.4 Å². The van der Waals surface area contributed by atoms with E-state index < -0.39 is 0 Å². The molecular weight excluding hydrogens is 354 g/mol. The summed E-state index contributed by atoms with van der Waals surface area (Å²) in [6.07, 6.45) is 5.41. The molecule has 4 rings (SSSR count). The first kappa shape index (κ1) is 13.9. The Kier molecular flexibility index (Phi) is 3.51. The van der Waals surface area contributed by atoms with Gasteiger partial charge < -0.3 is 10.3 Å². The quantitative estimate of drug-likeness (QED) is 0.559. The zero-order valence-electron chi connectivity index (χ0n) is 12.0. The lowest BCUT2D eigenvalue weighted by Crippen LogP contribution is -1.98. The van der Waals surface area contributed by atoms with Gasteiger partial charge in [0, 0.05) is 39.7 Å². The number of nitrogens with one attached hydrogen (secondary N) is 2. The Hall–Kier alpha value is -2.73. The van der Waals surface area contributed by atoms with Gasteiger partial charge in [-0.15, -0.1) is 0 Å². The number of halogens is 1. The van der Waals surface area contributed by atoms with E-state index in [-0.39, 0.29) is 0 Å². The molecule has 3 heterocycles. The molecule has 112 valence electrons. The van der Waals surface area contributed by atoms with Crippen molar-refractivity contribution < 1.29 is 0 Å². The number of pyridine rings is 1. The summed E-state index contributed by atoms with van der Waals surface area (Å²) >= 11 is 3.46.